The number of aromatic amines is 1. The van der Waals surface area contributed by atoms with Gasteiger partial charge < -0.3 is 4.98 Å². The summed E-state index contributed by atoms with van der Waals surface area (Å²) in [5.41, 5.74) is 2.65. The Kier molecular flexibility index (Phi) is 6.01. The molecule has 0 radical (unpaired) electrons. The fraction of sp³-hybridized carbons (Fsp3) is 0.444. The van der Waals surface area contributed by atoms with Crippen molar-refractivity contribution in [2.75, 3.05) is 6.54 Å². The number of likely N-dealkylation sites (N-methyl/N-ethyl adjacent to an activating group) is 1. The summed E-state index contributed by atoms with van der Waals surface area (Å²) in [6.45, 7) is 10.6. The normalized spacial score (nSPS) is 12.6. The molecule has 0 fully saturated rings. The number of nitrogens with zero attached hydrogens (tertiary/aromatic N) is 1. The number of hydrogen-bond acceptors (Lipinski definition) is 4. The predicted molar refractivity (Wildman–Crippen MR) is 99.5 cm³/mol. The Morgan fingerprint density at radius 1 is 1.33 bits per heavy atom. The van der Waals surface area contributed by atoms with Crippen molar-refractivity contribution in [1.29, 1.82) is 0 Å². The first-order valence-electron chi connectivity index (χ1n) is 7.98. The first-order valence-corrected chi connectivity index (χ1v) is 9.18. The highest BCUT2D eigenvalue weighted by Gasteiger charge is 2.27. The third-order valence-electron chi connectivity index (χ3n) is 4.36. The minimum atomic E-state index is -0.285. The Morgan fingerprint density at radius 2 is 2.00 bits per heavy atom. The maximum absolute atomic E-state index is 12.9. The number of hydrogen-bond donors (Lipinski definition) is 1. The molecule has 2 rings (SSSR count). The van der Waals surface area contributed by atoms with Gasteiger partial charge >= 0.3 is 0 Å². The first-order chi connectivity index (χ1) is 11.3. The van der Waals surface area contributed by atoms with Gasteiger partial charge in [0, 0.05) is 22.7 Å². The van der Waals surface area contributed by atoms with Crippen molar-refractivity contribution in [3.05, 3.63) is 43.9 Å². The Bertz CT molecular complexity index is 763. The van der Waals surface area contributed by atoms with Gasteiger partial charge in [0.25, 0.3) is 0 Å². The second-order valence-corrected chi connectivity index (χ2v) is 7.79. The van der Waals surface area contributed by atoms with Crippen LogP contribution in [0.15, 0.2) is 12.1 Å². The molecule has 0 aliphatic heterocycles. The van der Waals surface area contributed by atoms with E-state index >= 15 is 0 Å². The third kappa shape index (κ3) is 3.79. The average Bonchev–Trinajstić information content (AvgIpc) is 3.06. The number of aryl methyl sites for hydroxylation is 1. The molecule has 0 bridgehead atoms. The lowest BCUT2D eigenvalue weighted by Gasteiger charge is -2.26. The summed E-state index contributed by atoms with van der Waals surface area (Å²) in [5.74, 6) is -0.0128. The Labute approximate surface area is 151 Å². The van der Waals surface area contributed by atoms with Crippen LogP contribution in [0.4, 0.5) is 0 Å². The molecule has 2 heterocycles. The van der Waals surface area contributed by atoms with Crippen molar-refractivity contribution < 1.29 is 9.59 Å². The lowest BCUT2D eigenvalue weighted by atomic mass is 10.0. The van der Waals surface area contributed by atoms with E-state index in [0.717, 1.165) is 27.0 Å². The average molecular weight is 367 g/mol. The number of ketones is 2. The second-order valence-electron chi connectivity index (χ2n) is 5.99. The van der Waals surface area contributed by atoms with Gasteiger partial charge in [-0.2, -0.15) is 0 Å². The second kappa shape index (κ2) is 7.64. The Balaban J connectivity index is 2.24. The van der Waals surface area contributed by atoms with Crippen LogP contribution in [0.1, 0.15) is 57.8 Å². The van der Waals surface area contributed by atoms with Crippen LogP contribution in [0, 0.1) is 13.8 Å². The molecule has 1 unspecified atom stereocenters. The van der Waals surface area contributed by atoms with Crippen LogP contribution in [0.3, 0.4) is 0 Å². The van der Waals surface area contributed by atoms with Crippen molar-refractivity contribution in [1.82, 2.24) is 9.88 Å². The van der Waals surface area contributed by atoms with E-state index in [9.17, 15) is 9.59 Å². The molecule has 2 aromatic heterocycles. The summed E-state index contributed by atoms with van der Waals surface area (Å²) in [6, 6.07) is 3.58. The molecule has 1 N–H and O–H groups in total. The monoisotopic (exact) mass is 366 g/mol. The van der Waals surface area contributed by atoms with Crippen LogP contribution in [-0.2, 0) is 6.54 Å². The topological polar surface area (TPSA) is 53.2 Å². The SMILES string of the molecule is CCN(Cc1ccc(Cl)s1)C(C)C(=O)c1[nH]c(C)c(C(C)=O)c1C. The summed E-state index contributed by atoms with van der Waals surface area (Å²) in [4.78, 5) is 31.1. The number of carbonyl (C=O) groups excluding carboxylic acids is 2. The van der Waals surface area contributed by atoms with Crippen LogP contribution >= 0.6 is 22.9 Å². The number of Topliss-reactive ketones (excluding diaryl/α,β-unsaturated/α-hetero) is 2. The van der Waals surface area contributed by atoms with E-state index in [1.54, 1.807) is 0 Å². The van der Waals surface area contributed by atoms with Gasteiger partial charge in [0.1, 0.15) is 0 Å². The van der Waals surface area contributed by atoms with E-state index in [0.29, 0.717) is 17.8 Å². The molecular weight excluding hydrogens is 344 g/mol. The number of H-pyrrole nitrogens is 1. The fourth-order valence-corrected chi connectivity index (χ4v) is 4.17. The largest absolute Gasteiger partial charge is 0.355 e. The van der Waals surface area contributed by atoms with Crippen LogP contribution in [0.5, 0.6) is 0 Å². The smallest absolute Gasteiger partial charge is 0.196 e. The minimum absolute atomic E-state index is 0.00704. The van der Waals surface area contributed by atoms with Gasteiger partial charge in [-0.1, -0.05) is 18.5 Å². The zero-order valence-electron chi connectivity index (χ0n) is 14.7. The van der Waals surface area contributed by atoms with Gasteiger partial charge in [-0.3, -0.25) is 14.5 Å². The predicted octanol–water partition coefficient (Wildman–Crippen LogP) is 4.64. The maximum atomic E-state index is 12.9. The minimum Gasteiger partial charge on any atom is -0.355 e. The molecule has 6 heteroatoms. The van der Waals surface area contributed by atoms with Crippen molar-refractivity contribution >= 4 is 34.5 Å². The van der Waals surface area contributed by atoms with Gasteiger partial charge in [0.15, 0.2) is 11.6 Å². The van der Waals surface area contributed by atoms with E-state index in [1.165, 1.54) is 18.3 Å². The molecule has 0 saturated heterocycles. The van der Waals surface area contributed by atoms with Crippen molar-refractivity contribution in [3.8, 4) is 0 Å². The Hall–Kier alpha value is -1.43. The summed E-state index contributed by atoms with van der Waals surface area (Å²) < 4.78 is 0.752. The zero-order valence-corrected chi connectivity index (χ0v) is 16.3. The van der Waals surface area contributed by atoms with E-state index in [-0.39, 0.29) is 17.6 Å². The molecule has 0 aromatic carbocycles. The number of aromatic nitrogens is 1. The van der Waals surface area contributed by atoms with E-state index in [1.807, 2.05) is 39.8 Å². The Morgan fingerprint density at radius 3 is 2.46 bits per heavy atom. The van der Waals surface area contributed by atoms with E-state index < -0.39 is 0 Å². The molecule has 0 aliphatic carbocycles. The molecule has 1 atom stereocenters. The van der Waals surface area contributed by atoms with Gasteiger partial charge in [0.05, 0.1) is 16.1 Å². The lowest BCUT2D eigenvalue weighted by Crippen LogP contribution is -2.38. The van der Waals surface area contributed by atoms with Gasteiger partial charge in [-0.25, -0.2) is 0 Å². The first kappa shape index (κ1) is 18.9. The van der Waals surface area contributed by atoms with Crippen LogP contribution in [0.2, 0.25) is 4.34 Å². The maximum Gasteiger partial charge on any atom is 0.196 e. The fourth-order valence-electron chi connectivity index (χ4n) is 3.06. The molecule has 0 aliphatic rings. The number of halogens is 1. The number of rotatable bonds is 7. The lowest BCUT2D eigenvalue weighted by molar-refractivity contribution is 0.0831. The summed E-state index contributed by atoms with van der Waals surface area (Å²) >= 11 is 7.52. The number of carbonyl (C=O) groups is 2. The molecule has 0 saturated carbocycles. The highest BCUT2D eigenvalue weighted by Crippen LogP contribution is 2.25. The molecule has 4 nitrogen and oxygen atoms in total. The van der Waals surface area contributed by atoms with Crippen molar-refractivity contribution in [2.45, 2.75) is 47.2 Å². The zero-order chi connectivity index (χ0) is 18.0. The molecule has 130 valence electrons. The summed E-state index contributed by atoms with van der Waals surface area (Å²) in [5, 5.41) is 0. The molecule has 24 heavy (non-hydrogen) atoms. The van der Waals surface area contributed by atoms with Gasteiger partial charge in [0.2, 0.25) is 0 Å². The standard InChI is InChI=1S/C18H23ClN2O2S/c1-6-21(9-14-7-8-15(19)24-14)12(4)18(23)17-10(2)16(13(5)22)11(3)20-17/h7-8,12,20H,6,9H2,1-5H3. The summed E-state index contributed by atoms with van der Waals surface area (Å²) in [6.07, 6.45) is 0. The molecular formula is C18H23ClN2O2S. The van der Waals surface area contributed by atoms with Crippen molar-refractivity contribution in [3.63, 3.8) is 0 Å². The third-order valence-corrected chi connectivity index (χ3v) is 5.57. The summed E-state index contributed by atoms with van der Waals surface area (Å²) in [7, 11) is 0. The van der Waals surface area contributed by atoms with E-state index in [4.69, 9.17) is 11.6 Å². The van der Waals surface area contributed by atoms with Crippen LogP contribution in [-0.4, -0.2) is 34.0 Å². The molecule has 2 aromatic rings. The number of thiophene rings is 1. The van der Waals surface area contributed by atoms with E-state index in [2.05, 4.69) is 9.88 Å². The van der Waals surface area contributed by atoms with Crippen LogP contribution in [0.25, 0.3) is 0 Å². The highest BCUT2D eigenvalue weighted by molar-refractivity contribution is 7.16. The van der Waals surface area contributed by atoms with Gasteiger partial charge in [-0.15, -0.1) is 11.3 Å². The highest BCUT2D eigenvalue weighted by atomic mass is 35.5. The quantitative estimate of drug-likeness (QED) is 0.726. The van der Waals surface area contributed by atoms with Gasteiger partial charge in [-0.05, 0) is 51.9 Å². The number of nitrogens with one attached hydrogen (secondary N) is 1. The molecule has 0 spiro atoms. The van der Waals surface area contributed by atoms with Crippen molar-refractivity contribution in [2.24, 2.45) is 0 Å². The molecule has 0 amide bonds. The van der Waals surface area contributed by atoms with Crippen LogP contribution < -0.4 is 0 Å².